The van der Waals surface area contributed by atoms with E-state index in [1.807, 2.05) is 42.5 Å². The molecule has 1 unspecified atom stereocenters. The van der Waals surface area contributed by atoms with Crippen molar-refractivity contribution >= 4 is 22.9 Å². The molecule has 2 aromatic carbocycles. The largest absolute Gasteiger partial charge is 0.465 e. The second kappa shape index (κ2) is 7.11. The van der Waals surface area contributed by atoms with Gasteiger partial charge in [-0.1, -0.05) is 42.5 Å². The van der Waals surface area contributed by atoms with Crippen molar-refractivity contribution < 1.29 is 18.7 Å². The zero-order valence-electron chi connectivity index (χ0n) is 15.4. The predicted molar refractivity (Wildman–Crippen MR) is 110 cm³/mol. The van der Waals surface area contributed by atoms with Crippen LogP contribution in [0.25, 0.3) is 22.9 Å². The minimum atomic E-state index is -1.00. The summed E-state index contributed by atoms with van der Waals surface area (Å²) in [4.78, 5) is 12.9. The number of aliphatic hydroxyl groups is 1. The standard InChI is InChI=1S/C24H18O5/c25-22-14-20(19-9-3-6-15-5-1-2-8-18(15)19)23-21(29-22)13-17(28-24(23)26)11-10-16-7-4-12-27-16/h1-13,20,22,25H,14H2/b11-10+/t20-,22?/m0/s1. The second-order valence-electron chi connectivity index (χ2n) is 6.99. The van der Waals surface area contributed by atoms with Crippen molar-refractivity contribution in [1.82, 2.24) is 0 Å². The van der Waals surface area contributed by atoms with Crippen LogP contribution >= 0.6 is 0 Å². The Balaban J connectivity index is 1.62. The number of furan rings is 1. The van der Waals surface area contributed by atoms with Gasteiger partial charge in [0.25, 0.3) is 0 Å². The van der Waals surface area contributed by atoms with E-state index < -0.39 is 11.9 Å². The Morgan fingerprint density at radius 2 is 1.79 bits per heavy atom. The maximum absolute atomic E-state index is 12.9. The molecule has 0 saturated heterocycles. The van der Waals surface area contributed by atoms with Crippen LogP contribution in [0.2, 0.25) is 0 Å². The minimum Gasteiger partial charge on any atom is -0.465 e. The van der Waals surface area contributed by atoms with Gasteiger partial charge in [0.15, 0.2) is 6.29 Å². The maximum Gasteiger partial charge on any atom is 0.343 e. The van der Waals surface area contributed by atoms with E-state index in [2.05, 4.69) is 0 Å². The molecule has 0 bridgehead atoms. The van der Waals surface area contributed by atoms with Gasteiger partial charge in [-0.3, -0.25) is 0 Å². The normalized spacial score (nSPS) is 18.7. The van der Waals surface area contributed by atoms with Crippen molar-refractivity contribution in [1.29, 1.82) is 0 Å². The molecule has 0 radical (unpaired) electrons. The molecule has 0 fully saturated rings. The molecule has 5 nitrogen and oxygen atoms in total. The van der Waals surface area contributed by atoms with Gasteiger partial charge in [-0.15, -0.1) is 0 Å². The van der Waals surface area contributed by atoms with Gasteiger partial charge in [0.05, 0.1) is 11.8 Å². The Labute approximate surface area is 166 Å². The molecular weight excluding hydrogens is 368 g/mol. The van der Waals surface area contributed by atoms with Gasteiger partial charge in [0, 0.05) is 18.4 Å². The lowest BCUT2D eigenvalue weighted by molar-refractivity contribution is -0.0368. The summed E-state index contributed by atoms with van der Waals surface area (Å²) in [6.45, 7) is 0. The lowest BCUT2D eigenvalue weighted by Crippen LogP contribution is -2.30. The molecule has 0 spiro atoms. The van der Waals surface area contributed by atoms with E-state index in [0.29, 0.717) is 22.8 Å². The molecule has 1 aliphatic rings. The quantitative estimate of drug-likeness (QED) is 0.548. The first-order valence-electron chi connectivity index (χ1n) is 9.41. The smallest absolute Gasteiger partial charge is 0.343 e. The average Bonchev–Trinajstić information content (AvgIpc) is 3.24. The molecule has 5 heteroatoms. The molecule has 5 rings (SSSR count). The predicted octanol–water partition coefficient (Wildman–Crippen LogP) is 4.79. The number of ether oxygens (including phenoxy) is 1. The van der Waals surface area contributed by atoms with Crippen LogP contribution in [0.3, 0.4) is 0 Å². The molecule has 1 aliphatic heterocycles. The van der Waals surface area contributed by atoms with Crippen LogP contribution in [0, 0.1) is 0 Å². The average molecular weight is 386 g/mol. The number of aliphatic hydroxyl groups excluding tert-OH is 1. The maximum atomic E-state index is 12.9. The molecular formula is C24H18O5. The van der Waals surface area contributed by atoms with Crippen LogP contribution in [-0.2, 0) is 0 Å². The summed E-state index contributed by atoms with van der Waals surface area (Å²) in [7, 11) is 0. The highest BCUT2D eigenvalue weighted by molar-refractivity contribution is 5.86. The summed E-state index contributed by atoms with van der Waals surface area (Å²) in [5.74, 6) is 0.993. The monoisotopic (exact) mass is 386 g/mol. The fraction of sp³-hybridized carbons (Fsp3) is 0.125. The van der Waals surface area contributed by atoms with Gasteiger partial charge in [0.2, 0.25) is 0 Å². The van der Waals surface area contributed by atoms with E-state index in [4.69, 9.17) is 13.6 Å². The third kappa shape index (κ3) is 3.26. The second-order valence-corrected chi connectivity index (χ2v) is 6.99. The van der Waals surface area contributed by atoms with Crippen LogP contribution in [0.15, 0.2) is 80.6 Å². The Kier molecular flexibility index (Phi) is 4.30. The molecule has 0 aliphatic carbocycles. The number of benzene rings is 2. The number of fused-ring (bicyclic) bond motifs is 2. The summed E-state index contributed by atoms with van der Waals surface area (Å²) < 4.78 is 16.4. The van der Waals surface area contributed by atoms with Crippen molar-refractivity contribution in [2.75, 3.05) is 0 Å². The van der Waals surface area contributed by atoms with E-state index in [1.165, 1.54) is 0 Å². The van der Waals surface area contributed by atoms with E-state index >= 15 is 0 Å². The zero-order chi connectivity index (χ0) is 19.8. The number of hydrogen-bond donors (Lipinski definition) is 1. The molecule has 2 aromatic heterocycles. The zero-order valence-corrected chi connectivity index (χ0v) is 15.4. The molecule has 2 atom stereocenters. The van der Waals surface area contributed by atoms with Crippen LogP contribution in [0.1, 0.15) is 35.0 Å². The topological polar surface area (TPSA) is 72.8 Å². The van der Waals surface area contributed by atoms with E-state index in [-0.39, 0.29) is 12.3 Å². The van der Waals surface area contributed by atoms with Crippen LogP contribution in [-0.4, -0.2) is 11.4 Å². The third-order valence-corrected chi connectivity index (χ3v) is 5.17. The van der Waals surface area contributed by atoms with Gasteiger partial charge in [-0.2, -0.15) is 0 Å². The van der Waals surface area contributed by atoms with Crippen molar-refractivity contribution in [3.63, 3.8) is 0 Å². The van der Waals surface area contributed by atoms with Gasteiger partial charge < -0.3 is 18.7 Å². The van der Waals surface area contributed by atoms with Crippen LogP contribution in [0.4, 0.5) is 0 Å². The number of hydrogen-bond acceptors (Lipinski definition) is 5. The molecule has 3 heterocycles. The fourth-order valence-corrected chi connectivity index (χ4v) is 3.89. The summed E-state index contributed by atoms with van der Waals surface area (Å²) >= 11 is 0. The summed E-state index contributed by atoms with van der Waals surface area (Å²) in [6.07, 6.45) is 4.18. The first kappa shape index (κ1) is 17.5. The van der Waals surface area contributed by atoms with Crippen molar-refractivity contribution in [2.24, 2.45) is 0 Å². The van der Waals surface area contributed by atoms with Crippen LogP contribution < -0.4 is 10.4 Å². The highest BCUT2D eigenvalue weighted by Gasteiger charge is 2.33. The van der Waals surface area contributed by atoms with Gasteiger partial charge in [-0.25, -0.2) is 4.79 Å². The minimum absolute atomic E-state index is 0.285. The molecule has 144 valence electrons. The molecule has 4 aromatic rings. The third-order valence-electron chi connectivity index (χ3n) is 5.17. The Hall–Kier alpha value is -3.57. The van der Waals surface area contributed by atoms with Crippen LogP contribution in [0.5, 0.6) is 5.75 Å². The SMILES string of the molecule is O=c1oc(/C=C/c2ccco2)cc2c1[C@H](c1cccc3ccccc13)CC(O)O2. The van der Waals surface area contributed by atoms with E-state index in [9.17, 15) is 9.90 Å². The highest BCUT2D eigenvalue weighted by atomic mass is 16.6. The highest BCUT2D eigenvalue weighted by Crippen LogP contribution is 2.40. The Morgan fingerprint density at radius 3 is 2.66 bits per heavy atom. The molecule has 0 amide bonds. The lowest BCUT2D eigenvalue weighted by Gasteiger charge is -2.29. The molecule has 1 N–H and O–H groups in total. The van der Waals surface area contributed by atoms with Crippen molar-refractivity contribution in [3.05, 3.63) is 100.0 Å². The Bertz CT molecular complexity index is 1240. The van der Waals surface area contributed by atoms with Crippen molar-refractivity contribution in [2.45, 2.75) is 18.6 Å². The fourth-order valence-electron chi connectivity index (χ4n) is 3.89. The van der Waals surface area contributed by atoms with Gasteiger partial charge >= 0.3 is 5.63 Å². The first-order chi connectivity index (χ1) is 14.2. The molecule has 29 heavy (non-hydrogen) atoms. The van der Waals surface area contributed by atoms with Gasteiger partial charge in [0.1, 0.15) is 17.3 Å². The van der Waals surface area contributed by atoms with E-state index in [0.717, 1.165) is 16.3 Å². The summed E-state index contributed by atoms with van der Waals surface area (Å²) in [6, 6.07) is 19.2. The molecule has 0 saturated carbocycles. The summed E-state index contributed by atoms with van der Waals surface area (Å²) in [5, 5.41) is 12.5. The first-order valence-corrected chi connectivity index (χ1v) is 9.41. The van der Waals surface area contributed by atoms with Gasteiger partial charge in [-0.05, 0) is 40.6 Å². The van der Waals surface area contributed by atoms with E-state index in [1.54, 1.807) is 36.6 Å². The number of rotatable bonds is 3. The summed E-state index contributed by atoms with van der Waals surface area (Å²) in [5.41, 5.74) is 0.936. The Morgan fingerprint density at radius 1 is 0.966 bits per heavy atom. The van der Waals surface area contributed by atoms with Crippen molar-refractivity contribution in [3.8, 4) is 5.75 Å². The lowest BCUT2D eigenvalue weighted by atomic mass is 9.84.